The number of carbonyl (C=O) groups is 1. The lowest BCUT2D eigenvalue weighted by Crippen LogP contribution is -2.12. The van der Waals surface area contributed by atoms with Gasteiger partial charge in [0.25, 0.3) is 5.91 Å². The van der Waals surface area contributed by atoms with Crippen LogP contribution >= 0.6 is 0 Å². The Morgan fingerprint density at radius 2 is 2.00 bits per heavy atom. The number of amides is 1. The quantitative estimate of drug-likeness (QED) is 0.745. The minimum absolute atomic E-state index is 0.222. The number of anilines is 2. The summed E-state index contributed by atoms with van der Waals surface area (Å²) in [6.45, 7) is 0. The second-order valence-corrected chi connectivity index (χ2v) is 4.34. The Balaban J connectivity index is 1.85. The van der Waals surface area contributed by atoms with Crippen LogP contribution in [0.2, 0.25) is 0 Å². The lowest BCUT2D eigenvalue weighted by Gasteiger charge is -2.06. The van der Waals surface area contributed by atoms with E-state index in [-0.39, 0.29) is 5.91 Å². The zero-order chi connectivity index (χ0) is 13.9. The molecule has 0 saturated heterocycles. The molecule has 1 amide bonds. The molecule has 0 atom stereocenters. The van der Waals surface area contributed by atoms with Crippen LogP contribution in [-0.2, 0) is 0 Å². The number of pyridine rings is 2. The van der Waals surface area contributed by atoms with Crippen molar-refractivity contribution in [3.05, 3.63) is 60.4 Å². The van der Waals surface area contributed by atoms with Crippen molar-refractivity contribution >= 4 is 28.3 Å². The van der Waals surface area contributed by atoms with Gasteiger partial charge in [-0.3, -0.25) is 9.78 Å². The van der Waals surface area contributed by atoms with Gasteiger partial charge in [0.05, 0.1) is 11.1 Å². The van der Waals surface area contributed by atoms with Gasteiger partial charge in [0.2, 0.25) is 0 Å². The van der Waals surface area contributed by atoms with Gasteiger partial charge in [0.1, 0.15) is 5.82 Å². The first-order chi connectivity index (χ1) is 9.72. The molecule has 20 heavy (non-hydrogen) atoms. The largest absolute Gasteiger partial charge is 0.384 e. The molecule has 2 heterocycles. The Morgan fingerprint density at radius 1 is 1.10 bits per heavy atom. The third-order valence-electron chi connectivity index (χ3n) is 2.91. The summed E-state index contributed by atoms with van der Waals surface area (Å²) in [5.41, 5.74) is 7.56. The second-order valence-electron chi connectivity index (χ2n) is 4.34. The van der Waals surface area contributed by atoms with Crippen LogP contribution in [0.1, 0.15) is 10.4 Å². The molecular formula is C15H12N4O. The summed E-state index contributed by atoms with van der Waals surface area (Å²) in [5, 5.41) is 3.80. The van der Waals surface area contributed by atoms with E-state index in [1.165, 1.54) is 6.20 Å². The zero-order valence-corrected chi connectivity index (χ0v) is 10.6. The van der Waals surface area contributed by atoms with Crippen molar-refractivity contribution in [3.63, 3.8) is 0 Å². The number of nitrogens with zero attached hydrogens (tertiary/aromatic N) is 2. The summed E-state index contributed by atoms with van der Waals surface area (Å²) in [4.78, 5) is 20.2. The fourth-order valence-corrected chi connectivity index (χ4v) is 1.90. The van der Waals surface area contributed by atoms with E-state index < -0.39 is 0 Å². The summed E-state index contributed by atoms with van der Waals surface area (Å²) in [7, 11) is 0. The van der Waals surface area contributed by atoms with Crippen molar-refractivity contribution in [2.45, 2.75) is 0 Å². The highest BCUT2D eigenvalue weighted by atomic mass is 16.1. The number of carbonyl (C=O) groups excluding carboxylic acids is 1. The van der Waals surface area contributed by atoms with Crippen LogP contribution in [-0.4, -0.2) is 15.9 Å². The Kier molecular flexibility index (Phi) is 3.01. The van der Waals surface area contributed by atoms with Crippen LogP contribution in [0.4, 0.5) is 11.5 Å². The first-order valence-corrected chi connectivity index (χ1v) is 6.10. The maximum atomic E-state index is 12.1. The molecule has 0 aliphatic heterocycles. The number of aromatic nitrogens is 2. The SMILES string of the molecule is Nc1ccc(C(=O)Nc2ccc3ncccc3c2)cn1. The molecule has 3 rings (SSSR count). The maximum Gasteiger partial charge on any atom is 0.257 e. The van der Waals surface area contributed by atoms with Gasteiger partial charge in [0, 0.05) is 23.5 Å². The molecule has 1 aromatic carbocycles. The van der Waals surface area contributed by atoms with E-state index in [0.717, 1.165) is 10.9 Å². The third kappa shape index (κ3) is 2.42. The van der Waals surface area contributed by atoms with Crippen LogP contribution in [0.15, 0.2) is 54.9 Å². The molecule has 0 fully saturated rings. The maximum absolute atomic E-state index is 12.1. The first-order valence-electron chi connectivity index (χ1n) is 6.10. The molecule has 0 unspecified atom stereocenters. The molecular weight excluding hydrogens is 252 g/mol. The van der Waals surface area contributed by atoms with Crippen molar-refractivity contribution in [3.8, 4) is 0 Å². The average Bonchev–Trinajstić information content (AvgIpc) is 2.48. The summed E-state index contributed by atoms with van der Waals surface area (Å²) in [6.07, 6.45) is 3.19. The van der Waals surface area contributed by atoms with Gasteiger partial charge in [-0.2, -0.15) is 0 Å². The lowest BCUT2D eigenvalue weighted by atomic mass is 10.2. The molecule has 0 spiro atoms. The summed E-state index contributed by atoms with van der Waals surface area (Å²) >= 11 is 0. The summed E-state index contributed by atoms with van der Waals surface area (Å²) < 4.78 is 0. The molecule has 0 saturated carbocycles. The third-order valence-corrected chi connectivity index (χ3v) is 2.91. The van der Waals surface area contributed by atoms with Gasteiger partial charge < -0.3 is 11.1 Å². The van der Waals surface area contributed by atoms with Crippen molar-refractivity contribution in [1.29, 1.82) is 0 Å². The number of hydrogen-bond acceptors (Lipinski definition) is 4. The predicted molar refractivity (Wildman–Crippen MR) is 78.3 cm³/mol. The van der Waals surface area contributed by atoms with Crippen LogP contribution in [0, 0.1) is 0 Å². The predicted octanol–water partition coefficient (Wildman–Crippen LogP) is 2.46. The van der Waals surface area contributed by atoms with Crippen LogP contribution in [0.25, 0.3) is 10.9 Å². The standard InChI is InChI=1S/C15H12N4O/c16-14-6-3-11(9-18-14)15(20)19-12-4-5-13-10(8-12)2-1-7-17-13/h1-9H,(H2,16,18)(H,19,20). The van der Waals surface area contributed by atoms with E-state index in [4.69, 9.17) is 5.73 Å². The normalized spacial score (nSPS) is 10.4. The van der Waals surface area contributed by atoms with Gasteiger partial charge in [-0.1, -0.05) is 6.07 Å². The van der Waals surface area contributed by atoms with E-state index in [1.54, 1.807) is 18.3 Å². The van der Waals surface area contributed by atoms with Gasteiger partial charge >= 0.3 is 0 Å². The average molecular weight is 264 g/mol. The van der Waals surface area contributed by atoms with Crippen LogP contribution < -0.4 is 11.1 Å². The smallest absolute Gasteiger partial charge is 0.257 e. The number of nitrogens with two attached hydrogens (primary N) is 1. The van der Waals surface area contributed by atoms with Gasteiger partial charge in [0.15, 0.2) is 0 Å². The lowest BCUT2D eigenvalue weighted by molar-refractivity contribution is 0.102. The molecule has 0 aliphatic rings. The Morgan fingerprint density at radius 3 is 2.80 bits per heavy atom. The molecule has 0 radical (unpaired) electrons. The van der Waals surface area contributed by atoms with Crippen LogP contribution in [0.5, 0.6) is 0 Å². The van der Waals surface area contributed by atoms with E-state index in [1.807, 2.05) is 30.3 Å². The minimum atomic E-state index is -0.222. The highest BCUT2D eigenvalue weighted by molar-refractivity contribution is 6.04. The molecule has 5 heteroatoms. The van der Waals surface area contributed by atoms with Gasteiger partial charge in [-0.15, -0.1) is 0 Å². The first kappa shape index (κ1) is 12.1. The molecule has 98 valence electrons. The van der Waals surface area contributed by atoms with Crippen molar-refractivity contribution in [2.24, 2.45) is 0 Å². The zero-order valence-electron chi connectivity index (χ0n) is 10.6. The van der Waals surface area contributed by atoms with E-state index in [0.29, 0.717) is 17.1 Å². The van der Waals surface area contributed by atoms with Gasteiger partial charge in [-0.25, -0.2) is 4.98 Å². The second kappa shape index (κ2) is 4.97. The van der Waals surface area contributed by atoms with Crippen molar-refractivity contribution in [2.75, 3.05) is 11.1 Å². The van der Waals surface area contributed by atoms with E-state index in [2.05, 4.69) is 15.3 Å². The number of hydrogen-bond donors (Lipinski definition) is 2. The molecule has 0 bridgehead atoms. The van der Waals surface area contributed by atoms with Crippen molar-refractivity contribution in [1.82, 2.24) is 9.97 Å². The summed E-state index contributed by atoms with van der Waals surface area (Å²) in [6, 6.07) is 12.6. The monoisotopic (exact) mass is 264 g/mol. The molecule has 3 aromatic rings. The molecule has 5 nitrogen and oxygen atoms in total. The highest BCUT2D eigenvalue weighted by Crippen LogP contribution is 2.17. The van der Waals surface area contributed by atoms with Crippen molar-refractivity contribution < 1.29 is 4.79 Å². The highest BCUT2D eigenvalue weighted by Gasteiger charge is 2.06. The Hall–Kier alpha value is -2.95. The van der Waals surface area contributed by atoms with Crippen LogP contribution in [0.3, 0.4) is 0 Å². The molecule has 2 aromatic heterocycles. The number of rotatable bonds is 2. The fraction of sp³-hybridized carbons (Fsp3) is 0. The Bertz CT molecular complexity index is 768. The number of nitrogen functional groups attached to an aromatic ring is 1. The Labute approximate surface area is 115 Å². The number of benzene rings is 1. The minimum Gasteiger partial charge on any atom is -0.384 e. The summed E-state index contributed by atoms with van der Waals surface area (Å²) in [5.74, 6) is 0.166. The number of fused-ring (bicyclic) bond motifs is 1. The molecule has 3 N–H and O–H groups in total. The topological polar surface area (TPSA) is 80.9 Å². The van der Waals surface area contributed by atoms with E-state index >= 15 is 0 Å². The van der Waals surface area contributed by atoms with E-state index in [9.17, 15) is 4.79 Å². The number of nitrogens with one attached hydrogen (secondary N) is 1. The fourth-order valence-electron chi connectivity index (χ4n) is 1.90. The molecule has 0 aliphatic carbocycles. The van der Waals surface area contributed by atoms with Gasteiger partial charge in [-0.05, 0) is 36.4 Å².